The van der Waals surface area contributed by atoms with Crippen LogP contribution in [0.4, 0.5) is 5.95 Å². The Bertz CT molecular complexity index is 469. The van der Waals surface area contributed by atoms with Crippen molar-refractivity contribution in [3.05, 3.63) is 17.5 Å². The number of piperazine rings is 1. The summed E-state index contributed by atoms with van der Waals surface area (Å²) in [6.07, 6.45) is 0. The van der Waals surface area contributed by atoms with E-state index in [2.05, 4.69) is 46.6 Å². The van der Waals surface area contributed by atoms with Crippen molar-refractivity contribution in [1.82, 2.24) is 14.9 Å². The Labute approximate surface area is 114 Å². The second kappa shape index (κ2) is 5.98. The molecule has 1 aromatic rings. The summed E-state index contributed by atoms with van der Waals surface area (Å²) in [4.78, 5) is 13.5. The van der Waals surface area contributed by atoms with E-state index in [1.807, 2.05) is 0 Å². The standard InChI is InChI=1S/C14H21N5/c1-4-18-5-7-19(8-6-18)14-16-12(10-15)9-13(17-14)11(2)3/h9,11H,4-8H2,1-3H3. The molecule has 5 nitrogen and oxygen atoms in total. The molecule has 0 bridgehead atoms. The van der Waals surface area contributed by atoms with Crippen LogP contribution in [0.25, 0.3) is 0 Å². The molecule has 0 N–H and O–H groups in total. The highest BCUT2D eigenvalue weighted by molar-refractivity contribution is 5.37. The van der Waals surface area contributed by atoms with Gasteiger partial charge in [0.25, 0.3) is 0 Å². The van der Waals surface area contributed by atoms with E-state index in [-0.39, 0.29) is 0 Å². The Morgan fingerprint density at radius 2 is 1.95 bits per heavy atom. The molecule has 1 saturated heterocycles. The van der Waals surface area contributed by atoms with E-state index in [4.69, 9.17) is 5.26 Å². The number of likely N-dealkylation sites (N-methyl/N-ethyl adjacent to an activating group) is 1. The molecule has 2 heterocycles. The lowest BCUT2D eigenvalue weighted by atomic mass is 10.1. The minimum atomic E-state index is 0.311. The van der Waals surface area contributed by atoms with Crippen LogP contribution >= 0.6 is 0 Å². The van der Waals surface area contributed by atoms with Crippen molar-refractivity contribution in [2.24, 2.45) is 0 Å². The van der Waals surface area contributed by atoms with Crippen LogP contribution in [0.5, 0.6) is 0 Å². The smallest absolute Gasteiger partial charge is 0.226 e. The maximum atomic E-state index is 9.08. The van der Waals surface area contributed by atoms with E-state index < -0.39 is 0 Å². The van der Waals surface area contributed by atoms with Crippen LogP contribution in [0.15, 0.2) is 6.07 Å². The van der Waals surface area contributed by atoms with Gasteiger partial charge in [0.15, 0.2) is 0 Å². The minimum absolute atomic E-state index is 0.311. The number of aromatic nitrogens is 2. The maximum absolute atomic E-state index is 9.08. The molecule has 1 aliphatic rings. The van der Waals surface area contributed by atoms with Crippen molar-refractivity contribution in [1.29, 1.82) is 5.26 Å². The molecule has 0 amide bonds. The van der Waals surface area contributed by atoms with Gasteiger partial charge in [0.05, 0.1) is 0 Å². The van der Waals surface area contributed by atoms with Gasteiger partial charge < -0.3 is 9.80 Å². The van der Waals surface area contributed by atoms with Crippen molar-refractivity contribution < 1.29 is 0 Å². The summed E-state index contributed by atoms with van der Waals surface area (Å²) in [7, 11) is 0. The van der Waals surface area contributed by atoms with Crippen LogP contribution < -0.4 is 4.90 Å². The third kappa shape index (κ3) is 3.21. The first-order valence-corrected chi connectivity index (χ1v) is 6.90. The minimum Gasteiger partial charge on any atom is -0.338 e. The number of hydrogen-bond acceptors (Lipinski definition) is 5. The van der Waals surface area contributed by atoms with Gasteiger partial charge in [0.1, 0.15) is 11.8 Å². The molecule has 19 heavy (non-hydrogen) atoms. The average molecular weight is 259 g/mol. The van der Waals surface area contributed by atoms with Crippen molar-refractivity contribution >= 4 is 5.95 Å². The first-order chi connectivity index (χ1) is 9.13. The summed E-state index contributed by atoms with van der Waals surface area (Å²) in [5.41, 5.74) is 1.41. The van der Waals surface area contributed by atoms with Gasteiger partial charge in [-0.3, -0.25) is 0 Å². The van der Waals surface area contributed by atoms with Crippen molar-refractivity contribution in [3.63, 3.8) is 0 Å². The number of rotatable bonds is 3. The predicted molar refractivity (Wildman–Crippen MR) is 75.2 cm³/mol. The zero-order valence-electron chi connectivity index (χ0n) is 11.9. The normalized spacial score (nSPS) is 16.7. The molecule has 0 saturated carbocycles. The van der Waals surface area contributed by atoms with E-state index in [0.717, 1.165) is 38.4 Å². The number of anilines is 1. The van der Waals surface area contributed by atoms with Gasteiger partial charge in [-0.1, -0.05) is 20.8 Å². The predicted octanol–water partition coefficient (Wildman–Crippen LogP) is 1.61. The molecule has 0 atom stereocenters. The zero-order chi connectivity index (χ0) is 13.8. The fourth-order valence-corrected chi connectivity index (χ4v) is 2.21. The molecule has 0 aliphatic carbocycles. The quantitative estimate of drug-likeness (QED) is 0.825. The third-order valence-corrected chi connectivity index (χ3v) is 3.54. The molecule has 102 valence electrons. The largest absolute Gasteiger partial charge is 0.338 e. The molecule has 0 radical (unpaired) electrons. The van der Waals surface area contributed by atoms with Crippen molar-refractivity contribution in [2.45, 2.75) is 26.7 Å². The Hall–Kier alpha value is -1.67. The van der Waals surface area contributed by atoms with E-state index in [1.54, 1.807) is 6.07 Å². The fraction of sp³-hybridized carbons (Fsp3) is 0.643. The van der Waals surface area contributed by atoms with E-state index in [9.17, 15) is 0 Å². The maximum Gasteiger partial charge on any atom is 0.226 e. The lowest BCUT2D eigenvalue weighted by Crippen LogP contribution is -2.46. The van der Waals surface area contributed by atoms with Gasteiger partial charge in [-0.2, -0.15) is 5.26 Å². The number of nitriles is 1. The molecule has 0 unspecified atom stereocenters. The van der Waals surface area contributed by atoms with E-state index in [0.29, 0.717) is 17.6 Å². The molecule has 0 aromatic carbocycles. The Kier molecular flexibility index (Phi) is 4.33. The van der Waals surface area contributed by atoms with E-state index in [1.165, 1.54) is 0 Å². The monoisotopic (exact) mass is 259 g/mol. The topological polar surface area (TPSA) is 56.0 Å². The zero-order valence-corrected chi connectivity index (χ0v) is 11.9. The summed E-state index contributed by atoms with van der Waals surface area (Å²) < 4.78 is 0. The van der Waals surface area contributed by atoms with E-state index >= 15 is 0 Å². The Balaban J connectivity index is 2.20. The average Bonchev–Trinajstić information content (AvgIpc) is 2.46. The first-order valence-electron chi connectivity index (χ1n) is 6.90. The molecule has 0 spiro atoms. The Morgan fingerprint density at radius 3 is 2.47 bits per heavy atom. The van der Waals surface area contributed by atoms with Crippen molar-refractivity contribution in [2.75, 3.05) is 37.6 Å². The molecule has 5 heteroatoms. The summed E-state index contributed by atoms with van der Waals surface area (Å²) >= 11 is 0. The van der Waals surface area contributed by atoms with Gasteiger partial charge in [-0.15, -0.1) is 0 Å². The number of nitrogens with zero attached hydrogens (tertiary/aromatic N) is 5. The van der Waals surface area contributed by atoms with Gasteiger partial charge in [-0.25, -0.2) is 9.97 Å². The lowest BCUT2D eigenvalue weighted by Gasteiger charge is -2.34. The van der Waals surface area contributed by atoms with Gasteiger partial charge in [-0.05, 0) is 18.5 Å². The Morgan fingerprint density at radius 1 is 1.26 bits per heavy atom. The summed E-state index contributed by atoms with van der Waals surface area (Å²) in [6, 6.07) is 3.92. The van der Waals surface area contributed by atoms with Gasteiger partial charge in [0, 0.05) is 31.9 Å². The molecule has 2 rings (SSSR count). The third-order valence-electron chi connectivity index (χ3n) is 3.54. The summed E-state index contributed by atoms with van der Waals surface area (Å²) in [5, 5.41) is 9.08. The second-order valence-electron chi connectivity index (χ2n) is 5.17. The molecule has 1 fully saturated rings. The van der Waals surface area contributed by atoms with Crippen LogP contribution in [0.2, 0.25) is 0 Å². The highest BCUT2D eigenvalue weighted by Crippen LogP contribution is 2.18. The summed E-state index contributed by atoms with van der Waals surface area (Å²) in [5.74, 6) is 1.02. The lowest BCUT2D eigenvalue weighted by molar-refractivity contribution is 0.270. The van der Waals surface area contributed by atoms with Crippen LogP contribution in [-0.2, 0) is 0 Å². The van der Waals surface area contributed by atoms with Gasteiger partial charge in [0.2, 0.25) is 5.95 Å². The van der Waals surface area contributed by atoms with Crippen LogP contribution in [0.1, 0.15) is 38.1 Å². The van der Waals surface area contributed by atoms with Crippen LogP contribution in [-0.4, -0.2) is 47.6 Å². The number of hydrogen-bond donors (Lipinski definition) is 0. The highest BCUT2D eigenvalue weighted by Gasteiger charge is 2.19. The summed E-state index contributed by atoms with van der Waals surface area (Å²) in [6.45, 7) is 11.4. The fourth-order valence-electron chi connectivity index (χ4n) is 2.21. The SMILES string of the molecule is CCN1CCN(c2nc(C#N)cc(C(C)C)n2)CC1. The highest BCUT2D eigenvalue weighted by atomic mass is 15.3. The molecular formula is C14H21N5. The van der Waals surface area contributed by atoms with Crippen LogP contribution in [0.3, 0.4) is 0 Å². The van der Waals surface area contributed by atoms with Gasteiger partial charge >= 0.3 is 0 Å². The van der Waals surface area contributed by atoms with Crippen LogP contribution in [0, 0.1) is 11.3 Å². The molecule has 1 aliphatic heterocycles. The van der Waals surface area contributed by atoms with Crippen molar-refractivity contribution in [3.8, 4) is 6.07 Å². The molecular weight excluding hydrogens is 238 g/mol. The first kappa shape index (κ1) is 13.8. The second-order valence-corrected chi connectivity index (χ2v) is 5.17. The molecule has 1 aromatic heterocycles.